The van der Waals surface area contributed by atoms with Crippen LogP contribution >= 0.6 is 23.2 Å². The standard InChI is InChI=1S/C18H18Cl2N2O2/c1-3-17(23)22-14-6-4-5-12(9-14)18(24)21-11(2)15-8-7-13(19)10-16(15)20/h4-11H,3H2,1-2H3,(H,21,24)(H,22,23)/t11-/m1/s1. The molecule has 4 nitrogen and oxygen atoms in total. The third-order valence-electron chi connectivity index (χ3n) is 3.51. The number of rotatable bonds is 5. The van der Waals surface area contributed by atoms with Crippen molar-refractivity contribution in [3.63, 3.8) is 0 Å². The van der Waals surface area contributed by atoms with Crippen molar-refractivity contribution in [2.45, 2.75) is 26.3 Å². The number of hydrogen-bond donors (Lipinski definition) is 2. The highest BCUT2D eigenvalue weighted by Gasteiger charge is 2.14. The van der Waals surface area contributed by atoms with Crippen molar-refractivity contribution in [1.29, 1.82) is 0 Å². The van der Waals surface area contributed by atoms with E-state index in [0.29, 0.717) is 27.7 Å². The highest BCUT2D eigenvalue weighted by molar-refractivity contribution is 6.35. The van der Waals surface area contributed by atoms with Gasteiger partial charge in [0.25, 0.3) is 5.91 Å². The van der Waals surface area contributed by atoms with E-state index in [1.165, 1.54) is 0 Å². The first-order chi connectivity index (χ1) is 11.4. The van der Waals surface area contributed by atoms with E-state index in [4.69, 9.17) is 23.2 Å². The molecule has 6 heteroatoms. The Morgan fingerprint density at radius 1 is 1.12 bits per heavy atom. The van der Waals surface area contributed by atoms with Crippen molar-refractivity contribution in [1.82, 2.24) is 5.32 Å². The minimum Gasteiger partial charge on any atom is -0.345 e. The lowest BCUT2D eigenvalue weighted by Crippen LogP contribution is -2.27. The molecule has 0 heterocycles. The Hall–Kier alpha value is -2.04. The second-order valence-electron chi connectivity index (χ2n) is 5.34. The lowest BCUT2D eigenvalue weighted by Gasteiger charge is -2.16. The third-order valence-corrected chi connectivity index (χ3v) is 4.07. The lowest BCUT2D eigenvalue weighted by molar-refractivity contribution is -0.115. The predicted octanol–water partition coefficient (Wildman–Crippen LogP) is 4.83. The maximum Gasteiger partial charge on any atom is 0.251 e. The van der Waals surface area contributed by atoms with E-state index in [0.717, 1.165) is 5.56 Å². The monoisotopic (exact) mass is 364 g/mol. The molecule has 126 valence electrons. The first-order valence-electron chi connectivity index (χ1n) is 7.56. The average molecular weight is 365 g/mol. The summed E-state index contributed by atoms with van der Waals surface area (Å²) in [5.74, 6) is -0.352. The smallest absolute Gasteiger partial charge is 0.251 e. The Kier molecular flexibility index (Phi) is 6.23. The van der Waals surface area contributed by atoms with E-state index in [2.05, 4.69) is 10.6 Å². The highest BCUT2D eigenvalue weighted by Crippen LogP contribution is 2.26. The summed E-state index contributed by atoms with van der Waals surface area (Å²) in [5.41, 5.74) is 1.83. The first kappa shape index (κ1) is 18.3. The Balaban J connectivity index is 2.11. The summed E-state index contributed by atoms with van der Waals surface area (Å²) in [6, 6.07) is 11.7. The van der Waals surface area contributed by atoms with Gasteiger partial charge in [0.15, 0.2) is 0 Å². The van der Waals surface area contributed by atoms with Crippen molar-refractivity contribution in [2.24, 2.45) is 0 Å². The molecule has 0 aliphatic carbocycles. The van der Waals surface area contributed by atoms with Gasteiger partial charge in [-0.3, -0.25) is 9.59 Å². The molecule has 2 amide bonds. The molecule has 24 heavy (non-hydrogen) atoms. The molecule has 2 aromatic carbocycles. The molecular formula is C18H18Cl2N2O2. The van der Waals surface area contributed by atoms with Gasteiger partial charge in [-0.05, 0) is 42.8 Å². The zero-order chi connectivity index (χ0) is 17.7. The molecule has 0 aromatic heterocycles. The molecule has 2 aromatic rings. The molecule has 1 atom stereocenters. The summed E-state index contributed by atoms with van der Waals surface area (Å²) in [4.78, 5) is 23.9. The zero-order valence-corrected chi connectivity index (χ0v) is 14.9. The molecule has 0 aliphatic heterocycles. The summed E-state index contributed by atoms with van der Waals surface area (Å²) in [6.07, 6.45) is 0.378. The quantitative estimate of drug-likeness (QED) is 0.797. The molecule has 2 rings (SSSR count). The average Bonchev–Trinajstić information content (AvgIpc) is 2.54. The van der Waals surface area contributed by atoms with Gasteiger partial charge < -0.3 is 10.6 Å². The van der Waals surface area contributed by atoms with E-state index in [1.54, 1.807) is 49.4 Å². The number of amides is 2. The van der Waals surface area contributed by atoms with Crippen LogP contribution in [0.25, 0.3) is 0 Å². The van der Waals surface area contributed by atoms with Gasteiger partial charge in [-0.15, -0.1) is 0 Å². The van der Waals surface area contributed by atoms with Crippen LogP contribution in [0.4, 0.5) is 5.69 Å². The van der Waals surface area contributed by atoms with Crippen molar-refractivity contribution in [2.75, 3.05) is 5.32 Å². The van der Waals surface area contributed by atoms with E-state index >= 15 is 0 Å². The van der Waals surface area contributed by atoms with Gasteiger partial charge in [-0.25, -0.2) is 0 Å². The van der Waals surface area contributed by atoms with Crippen molar-refractivity contribution in [3.05, 3.63) is 63.6 Å². The van der Waals surface area contributed by atoms with Crippen LogP contribution < -0.4 is 10.6 Å². The van der Waals surface area contributed by atoms with Crippen LogP contribution in [0.3, 0.4) is 0 Å². The summed E-state index contributed by atoms with van der Waals surface area (Å²) in [7, 11) is 0. The molecule has 2 N–H and O–H groups in total. The first-order valence-corrected chi connectivity index (χ1v) is 8.32. The van der Waals surface area contributed by atoms with E-state index < -0.39 is 0 Å². The number of benzene rings is 2. The van der Waals surface area contributed by atoms with Crippen LogP contribution in [0.1, 0.15) is 42.2 Å². The fourth-order valence-electron chi connectivity index (χ4n) is 2.20. The van der Waals surface area contributed by atoms with E-state index in [9.17, 15) is 9.59 Å². The Labute approximate surface area is 151 Å². The Morgan fingerprint density at radius 2 is 1.88 bits per heavy atom. The van der Waals surface area contributed by atoms with Gasteiger partial charge in [0.1, 0.15) is 0 Å². The minimum absolute atomic E-state index is 0.103. The lowest BCUT2D eigenvalue weighted by atomic mass is 10.1. The molecule has 0 bridgehead atoms. The number of nitrogens with one attached hydrogen (secondary N) is 2. The number of halogens is 2. The number of hydrogen-bond acceptors (Lipinski definition) is 2. The number of anilines is 1. The van der Waals surface area contributed by atoms with Crippen molar-refractivity contribution in [3.8, 4) is 0 Å². The molecule has 0 fully saturated rings. The van der Waals surface area contributed by atoms with Crippen molar-refractivity contribution < 1.29 is 9.59 Å². The SMILES string of the molecule is CCC(=O)Nc1cccc(C(=O)N[C@H](C)c2ccc(Cl)cc2Cl)c1. The van der Waals surface area contributed by atoms with Crippen LogP contribution in [-0.2, 0) is 4.79 Å². The largest absolute Gasteiger partial charge is 0.345 e. The van der Waals surface area contributed by atoms with Gasteiger partial charge in [0, 0.05) is 27.7 Å². The third kappa shape index (κ3) is 4.73. The topological polar surface area (TPSA) is 58.2 Å². The number of carbonyl (C=O) groups excluding carboxylic acids is 2. The van der Waals surface area contributed by atoms with E-state index in [-0.39, 0.29) is 17.9 Å². The minimum atomic E-state index is -0.281. The summed E-state index contributed by atoms with van der Waals surface area (Å²) in [6.45, 7) is 3.61. The maximum absolute atomic E-state index is 12.4. The number of carbonyl (C=O) groups is 2. The maximum atomic E-state index is 12.4. The van der Waals surface area contributed by atoms with Crippen LogP contribution in [0.15, 0.2) is 42.5 Å². The van der Waals surface area contributed by atoms with E-state index in [1.807, 2.05) is 6.92 Å². The van der Waals surface area contributed by atoms with Gasteiger partial charge in [-0.1, -0.05) is 42.3 Å². The van der Waals surface area contributed by atoms with Gasteiger partial charge in [0.2, 0.25) is 5.91 Å². The van der Waals surface area contributed by atoms with Crippen molar-refractivity contribution >= 4 is 40.7 Å². The second-order valence-corrected chi connectivity index (χ2v) is 6.19. The fourth-order valence-corrected chi connectivity index (χ4v) is 2.77. The van der Waals surface area contributed by atoms with Gasteiger partial charge >= 0.3 is 0 Å². The zero-order valence-electron chi connectivity index (χ0n) is 13.4. The molecular weight excluding hydrogens is 347 g/mol. The Morgan fingerprint density at radius 3 is 2.54 bits per heavy atom. The van der Waals surface area contributed by atoms with Gasteiger partial charge in [0.05, 0.1) is 6.04 Å². The van der Waals surface area contributed by atoms with Crippen LogP contribution in [0, 0.1) is 0 Å². The normalized spacial score (nSPS) is 11.7. The Bertz CT molecular complexity index is 762. The summed E-state index contributed by atoms with van der Waals surface area (Å²) in [5, 5.41) is 6.66. The second kappa shape index (κ2) is 8.18. The molecule has 0 saturated carbocycles. The van der Waals surface area contributed by atoms with Gasteiger partial charge in [-0.2, -0.15) is 0 Å². The van der Waals surface area contributed by atoms with Crippen LogP contribution in [0.2, 0.25) is 10.0 Å². The molecule has 0 unspecified atom stereocenters. The fraction of sp³-hybridized carbons (Fsp3) is 0.222. The van der Waals surface area contributed by atoms with Crippen LogP contribution in [0.5, 0.6) is 0 Å². The highest BCUT2D eigenvalue weighted by atomic mass is 35.5. The summed E-state index contributed by atoms with van der Waals surface area (Å²) >= 11 is 12.1. The predicted molar refractivity (Wildman–Crippen MR) is 97.7 cm³/mol. The molecule has 0 aliphatic rings. The van der Waals surface area contributed by atoms with Crippen LogP contribution in [-0.4, -0.2) is 11.8 Å². The summed E-state index contributed by atoms with van der Waals surface area (Å²) < 4.78 is 0. The molecule has 0 radical (unpaired) electrons. The molecule has 0 saturated heterocycles. The molecule has 0 spiro atoms.